The Balaban J connectivity index is 1.29. The summed E-state index contributed by atoms with van der Waals surface area (Å²) in [6.07, 6.45) is 8.37. The number of pyridine rings is 2. The Morgan fingerprint density at radius 3 is 2.86 bits per heavy atom. The van der Waals surface area contributed by atoms with E-state index in [0.29, 0.717) is 32.0 Å². The minimum Gasteiger partial charge on any atom is -0.388 e. The summed E-state index contributed by atoms with van der Waals surface area (Å²) in [7, 11) is 0. The van der Waals surface area contributed by atoms with E-state index in [0.717, 1.165) is 42.5 Å². The molecule has 0 radical (unpaired) electrons. The molecule has 2 aliphatic heterocycles. The van der Waals surface area contributed by atoms with Crippen molar-refractivity contribution in [3.63, 3.8) is 0 Å². The van der Waals surface area contributed by atoms with Crippen LogP contribution < -0.4 is 0 Å². The highest BCUT2D eigenvalue weighted by atomic mass is 16.3. The van der Waals surface area contributed by atoms with E-state index in [9.17, 15) is 9.90 Å². The van der Waals surface area contributed by atoms with Crippen LogP contribution in [0, 0.1) is 0 Å². The minimum atomic E-state index is -0.733. The number of aromatic nitrogens is 3. The number of aliphatic hydroxyl groups is 1. The van der Waals surface area contributed by atoms with Crippen LogP contribution in [0.15, 0.2) is 30.7 Å². The van der Waals surface area contributed by atoms with Crippen molar-refractivity contribution in [2.24, 2.45) is 0 Å². The highest BCUT2D eigenvalue weighted by Gasteiger charge is 2.34. The monoisotopic (exact) mass is 393 g/mol. The number of carbonyl (C=O) groups is 1. The molecule has 3 aromatic rings. The average molecular weight is 393 g/mol. The van der Waals surface area contributed by atoms with Crippen LogP contribution in [0.3, 0.4) is 0 Å². The van der Waals surface area contributed by atoms with Crippen LogP contribution in [0.1, 0.15) is 37.7 Å². The SMILES string of the molecule is CC1(O)CCN(C(=O)CN2CCC(c3ccnc4cnc5[nH]ccc5c34)CC2)C1. The van der Waals surface area contributed by atoms with Crippen molar-refractivity contribution in [1.82, 2.24) is 24.8 Å². The third kappa shape index (κ3) is 3.49. The van der Waals surface area contributed by atoms with Gasteiger partial charge in [-0.2, -0.15) is 0 Å². The number of likely N-dealkylation sites (tertiary alicyclic amines) is 2. The van der Waals surface area contributed by atoms with Crippen LogP contribution in [0.25, 0.3) is 21.9 Å². The van der Waals surface area contributed by atoms with Crippen molar-refractivity contribution in [1.29, 1.82) is 0 Å². The number of β-amino-alcohol motifs (C(OH)–C–C–N with tert-alkyl or cyclic N) is 1. The standard InChI is InChI=1S/C22H27N5O2/c1-22(29)6-11-27(14-22)19(28)13-26-9-4-15(5-10-26)16-2-7-23-18-12-25-21-17(20(16)18)3-8-24-21/h2-3,7-8,12,15,29H,4-6,9-11,13-14H2,1H3,(H,24,25). The molecule has 5 rings (SSSR count). The first-order valence-corrected chi connectivity index (χ1v) is 10.4. The number of carbonyl (C=O) groups excluding carboxylic acids is 1. The van der Waals surface area contributed by atoms with Crippen molar-refractivity contribution >= 4 is 27.8 Å². The van der Waals surface area contributed by atoms with Crippen LogP contribution in [0.5, 0.6) is 0 Å². The molecule has 0 saturated carbocycles. The van der Waals surface area contributed by atoms with Gasteiger partial charge in [-0.05, 0) is 62.9 Å². The summed E-state index contributed by atoms with van der Waals surface area (Å²) in [6.45, 7) is 5.18. The van der Waals surface area contributed by atoms with E-state index >= 15 is 0 Å². The molecule has 7 nitrogen and oxygen atoms in total. The normalized spacial score (nSPS) is 24.0. The molecule has 2 fully saturated rings. The number of hydrogen-bond donors (Lipinski definition) is 2. The van der Waals surface area contributed by atoms with E-state index in [1.165, 1.54) is 10.9 Å². The van der Waals surface area contributed by atoms with Gasteiger partial charge < -0.3 is 15.0 Å². The lowest BCUT2D eigenvalue weighted by Gasteiger charge is -2.33. The Kier molecular flexibility index (Phi) is 4.52. The van der Waals surface area contributed by atoms with Crippen LogP contribution in [-0.4, -0.2) is 74.1 Å². The van der Waals surface area contributed by atoms with E-state index in [1.54, 1.807) is 4.90 Å². The largest absolute Gasteiger partial charge is 0.388 e. The molecule has 1 unspecified atom stereocenters. The molecule has 0 aromatic carbocycles. The van der Waals surface area contributed by atoms with Crippen LogP contribution in [0.4, 0.5) is 0 Å². The van der Waals surface area contributed by atoms with E-state index < -0.39 is 5.60 Å². The van der Waals surface area contributed by atoms with Crippen LogP contribution in [-0.2, 0) is 4.79 Å². The third-order valence-corrected chi connectivity index (χ3v) is 6.51. The average Bonchev–Trinajstić information content (AvgIpc) is 3.34. The maximum absolute atomic E-state index is 12.6. The van der Waals surface area contributed by atoms with Gasteiger partial charge in [0.15, 0.2) is 0 Å². The van der Waals surface area contributed by atoms with Crippen molar-refractivity contribution < 1.29 is 9.90 Å². The first-order valence-electron chi connectivity index (χ1n) is 10.4. The van der Waals surface area contributed by atoms with Crippen molar-refractivity contribution in [3.05, 3.63) is 36.3 Å². The number of H-pyrrole nitrogens is 1. The molecular weight excluding hydrogens is 366 g/mol. The van der Waals surface area contributed by atoms with Gasteiger partial charge in [0.25, 0.3) is 0 Å². The zero-order chi connectivity index (χ0) is 20.0. The maximum atomic E-state index is 12.6. The van der Waals surface area contributed by atoms with Gasteiger partial charge in [0.1, 0.15) is 5.65 Å². The van der Waals surface area contributed by atoms with E-state index in [2.05, 4.69) is 32.0 Å². The summed E-state index contributed by atoms with van der Waals surface area (Å²) < 4.78 is 0. The number of hydrogen-bond acceptors (Lipinski definition) is 5. The van der Waals surface area contributed by atoms with E-state index in [4.69, 9.17) is 0 Å². The highest BCUT2D eigenvalue weighted by molar-refractivity contribution is 6.05. The van der Waals surface area contributed by atoms with Gasteiger partial charge in [-0.25, -0.2) is 4.98 Å². The van der Waals surface area contributed by atoms with Gasteiger partial charge in [-0.15, -0.1) is 0 Å². The summed E-state index contributed by atoms with van der Waals surface area (Å²) >= 11 is 0. The van der Waals surface area contributed by atoms with Gasteiger partial charge >= 0.3 is 0 Å². The molecule has 2 aliphatic rings. The summed E-state index contributed by atoms with van der Waals surface area (Å²) in [5, 5.41) is 12.4. The Labute approximate surface area is 169 Å². The minimum absolute atomic E-state index is 0.135. The summed E-state index contributed by atoms with van der Waals surface area (Å²) in [6, 6.07) is 4.22. The molecule has 152 valence electrons. The van der Waals surface area contributed by atoms with Gasteiger partial charge in [-0.1, -0.05) is 0 Å². The molecule has 0 bridgehead atoms. The molecule has 0 aliphatic carbocycles. The van der Waals surface area contributed by atoms with Crippen molar-refractivity contribution in [3.8, 4) is 0 Å². The predicted octanol–water partition coefficient (Wildman–Crippen LogP) is 2.27. The lowest BCUT2D eigenvalue weighted by atomic mass is 9.87. The van der Waals surface area contributed by atoms with Gasteiger partial charge in [0.2, 0.25) is 5.91 Å². The number of nitrogens with zero attached hydrogens (tertiary/aromatic N) is 4. The van der Waals surface area contributed by atoms with Crippen molar-refractivity contribution in [2.45, 2.75) is 37.7 Å². The second kappa shape index (κ2) is 7.07. The van der Waals surface area contributed by atoms with E-state index in [1.807, 2.05) is 25.5 Å². The smallest absolute Gasteiger partial charge is 0.236 e. The first kappa shape index (κ1) is 18.5. The van der Waals surface area contributed by atoms with Crippen LogP contribution in [0.2, 0.25) is 0 Å². The lowest BCUT2D eigenvalue weighted by Crippen LogP contribution is -2.43. The molecule has 2 N–H and O–H groups in total. The molecule has 1 amide bonds. The Morgan fingerprint density at radius 2 is 2.10 bits per heavy atom. The molecule has 0 spiro atoms. The highest BCUT2D eigenvalue weighted by Crippen LogP contribution is 2.35. The molecule has 7 heteroatoms. The first-order chi connectivity index (χ1) is 14.0. The predicted molar refractivity (Wildman–Crippen MR) is 112 cm³/mol. The summed E-state index contributed by atoms with van der Waals surface area (Å²) in [5.74, 6) is 0.593. The fourth-order valence-electron chi connectivity index (χ4n) is 4.87. The number of nitrogens with one attached hydrogen (secondary N) is 1. The third-order valence-electron chi connectivity index (χ3n) is 6.51. The van der Waals surface area contributed by atoms with Gasteiger partial charge in [0.05, 0.1) is 23.9 Å². The Hall–Kier alpha value is -2.51. The summed E-state index contributed by atoms with van der Waals surface area (Å²) in [4.78, 5) is 28.8. The molecule has 1 atom stereocenters. The Morgan fingerprint density at radius 1 is 1.28 bits per heavy atom. The number of rotatable bonds is 3. The topological polar surface area (TPSA) is 85.3 Å². The van der Waals surface area contributed by atoms with E-state index in [-0.39, 0.29) is 5.91 Å². The fraction of sp³-hybridized carbons (Fsp3) is 0.500. The molecule has 29 heavy (non-hydrogen) atoms. The number of fused-ring (bicyclic) bond motifs is 3. The zero-order valence-corrected chi connectivity index (χ0v) is 16.8. The molecular formula is C22H27N5O2. The van der Waals surface area contributed by atoms with Gasteiger partial charge in [-0.3, -0.25) is 14.7 Å². The second-order valence-electron chi connectivity index (χ2n) is 8.77. The molecule has 3 aromatic heterocycles. The van der Waals surface area contributed by atoms with Crippen LogP contribution >= 0.6 is 0 Å². The molecule has 5 heterocycles. The quantitative estimate of drug-likeness (QED) is 0.713. The fourth-order valence-corrected chi connectivity index (χ4v) is 4.87. The number of amides is 1. The zero-order valence-electron chi connectivity index (χ0n) is 16.8. The number of aromatic amines is 1. The number of piperidine rings is 1. The Bertz CT molecular complexity index is 1050. The maximum Gasteiger partial charge on any atom is 0.236 e. The van der Waals surface area contributed by atoms with Gasteiger partial charge in [0, 0.05) is 36.3 Å². The molecule has 2 saturated heterocycles. The van der Waals surface area contributed by atoms with Crippen molar-refractivity contribution in [2.75, 3.05) is 32.7 Å². The second-order valence-corrected chi connectivity index (χ2v) is 8.77. The lowest BCUT2D eigenvalue weighted by molar-refractivity contribution is -0.132. The summed E-state index contributed by atoms with van der Waals surface area (Å²) in [5.41, 5.74) is 2.44.